The molecule has 0 aliphatic heterocycles. The van der Waals surface area contributed by atoms with E-state index >= 15 is 0 Å². The quantitative estimate of drug-likeness (QED) is 0.580. The highest BCUT2D eigenvalue weighted by Crippen LogP contribution is 2.29. The summed E-state index contributed by atoms with van der Waals surface area (Å²) in [5.74, 6) is -0.00518. The first-order chi connectivity index (χ1) is 12.3. The van der Waals surface area contributed by atoms with Gasteiger partial charge in [-0.25, -0.2) is 4.98 Å². The Bertz CT molecular complexity index is 994. The van der Waals surface area contributed by atoms with Crippen molar-refractivity contribution in [2.24, 2.45) is 0 Å². The number of nitrogens with one attached hydrogen (secondary N) is 1. The molecule has 0 saturated heterocycles. The van der Waals surface area contributed by atoms with E-state index in [9.17, 15) is 4.79 Å². The van der Waals surface area contributed by atoms with Gasteiger partial charge in [-0.2, -0.15) is 0 Å². The Morgan fingerprint density at radius 3 is 2.80 bits per heavy atom. The van der Waals surface area contributed by atoms with Crippen molar-refractivity contribution in [3.05, 3.63) is 78.3 Å². The lowest BCUT2D eigenvalue weighted by Crippen LogP contribution is -2.10. The normalized spacial score (nSPS) is 10.6. The number of benzene rings is 1. The SMILES string of the molecule is O=C(Nc1cccc(-c2csc(-c3cccnc3)n2)c1)c1ccco1. The van der Waals surface area contributed by atoms with Gasteiger partial charge in [0.2, 0.25) is 0 Å². The summed E-state index contributed by atoms with van der Waals surface area (Å²) in [6.45, 7) is 0. The maximum absolute atomic E-state index is 12.1. The molecule has 0 spiro atoms. The van der Waals surface area contributed by atoms with Crippen LogP contribution in [-0.2, 0) is 0 Å². The molecule has 0 aliphatic carbocycles. The Hall–Kier alpha value is -3.25. The standard InChI is InChI=1S/C19H13N3O2S/c23-18(17-7-3-9-24-17)21-15-6-1-4-13(10-15)16-12-25-19(22-16)14-5-2-8-20-11-14/h1-12H,(H,21,23). The third-order valence-electron chi connectivity index (χ3n) is 3.57. The largest absolute Gasteiger partial charge is 0.459 e. The van der Waals surface area contributed by atoms with Gasteiger partial charge in [-0.1, -0.05) is 12.1 Å². The summed E-state index contributed by atoms with van der Waals surface area (Å²) in [5.41, 5.74) is 3.47. The van der Waals surface area contributed by atoms with Crippen LogP contribution in [0.15, 0.2) is 77.0 Å². The molecular weight excluding hydrogens is 334 g/mol. The maximum atomic E-state index is 12.1. The average molecular weight is 347 g/mol. The first-order valence-corrected chi connectivity index (χ1v) is 8.49. The Kier molecular flexibility index (Phi) is 4.10. The molecule has 1 N–H and O–H groups in total. The van der Waals surface area contributed by atoms with Crippen molar-refractivity contribution in [3.63, 3.8) is 0 Å². The molecule has 0 unspecified atom stereocenters. The number of carbonyl (C=O) groups excluding carboxylic acids is 1. The number of anilines is 1. The van der Waals surface area contributed by atoms with Crippen molar-refractivity contribution < 1.29 is 9.21 Å². The average Bonchev–Trinajstić information content (AvgIpc) is 3.35. The van der Waals surface area contributed by atoms with Gasteiger partial charge < -0.3 is 9.73 Å². The van der Waals surface area contributed by atoms with Crippen molar-refractivity contribution in [2.45, 2.75) is 0 Å². The smallest absolute Gasteiger partial charge is 0.291 e. The van der Waals surface area contributed by atoms with Crippen molar-refractivity contribution >= 4 is 22.9 Å². The van der Waals surface area contributed by atoms with Gasteiger partial charge in [0.15, 0.2) is 5.76 Å². The Labute approximate surface area is 148 Å². The van der Waals surface area contributed by atoms with Crippen LogP contribution in [0, 0.1) is 0 Å². The molecule has 3 aromatic heterocycles. The lowest BCUT2D eigenvalue weighted by Gasteiger charge is -2.05. The predicted molar refractivity (Wildman–Crippen MR) is 97.4 cm³/mol. The van der Waals surface area contributed by atoms with E-state index < -0.39 is 0 Å². The minimum atomic E-state index is -0.281. The molecule has 0 radical (unpaired) electrons. The Balaban J connectivity index is 1.58. The van der Waals surface area contributed by atoms with Crippen LogP contribution in [0.2, 0.25) is 0 Å². The summed E-state index contributed by atoms with van der Waals surface area (Å²) < 4.78 is 5.11. The second kappa shape index (κ2) is 6.70. The number of hydrogen-bond donors (Lipinski definition) is 1. The molecule has 1 amide bonds. The van der Waals surface area contributed by atoms with Crippen LogP contribution in [0.4, 0.5) is 5.69 Å². The lowest BCUT2D eigenvalue weighted by atomic mass is 10.1. The minimum Gasteiger partial charge on any atom is -0.459 e. The zero-order valence-corrected chi connectivity index (χ0v) is 13.9. The highest BCUT2D eigenvalue weighted by atomic mass is 32.1. The number of thiazole rings is 1. The molecule has 5 nitrogen and oxygen atoms in total. The number of nitrogens with zero attached hydrogens (tertiary/aromatic N) is 2. The summed E-state index contributed by atoms with van der Waals surface area (Å²) in [5, 5.41) is 5.73. The van der Waals surface area contributed by atoms with Crippen molar-refractivity contribution in [1.82, 2.24) is 9.97 Å². The summed E-state index contributed by atoms with van der Waals surface area (Å²) in [6, 6.07) is 14.7. The number of furan rings is 1. The number of hydrogen-bond acceptors (Lipinski definition) is 5. The highest BCUT2D eigenvalue weighted by molar-refractivity contribution is 7.13. The minimum absolute atomic E-state index is 0.276. The first kappa shape index (κ1) is 15.3. The van der Waals surface area contributed by atoms with Crippen molar-refractivity contribution in [3.8, 4) is 21.8 Å². The second-order valence-electron chi connectivity index (χ2n) is 5.29. The number of carbonyl (C=O) groups is 1. The van der Waals surface area contributed by atoms with Crippen LogP contribution in [0.3, 0.4) is 0 Å². The predicted octanol–water partition coefficient (Wildman–Crippen LogP) is 4.72. The van der Waals surface area contributed by atoms with E-state index in [0.717, 1.165) is 21.8 Å². The molecule has 0 fully saturated rings. The summed E-state index contributed by atoms with van der Waals surface area (Å²) in [7, 11) is 0. The summed E-state index contributed by atoms with van der Waals surface area (Å²) >= 11 is 1.56. The van der Waals surface area contributed by atoms with Crippen molar-refractivity contribution in [1.29, 1.82) is 0 Å². The zero-order chi connectivity index (χ0) is 17.1. The molecule has 6 heteroatoms. The molecular formula is C19H13N3O2S. The summed E-state index contributed by atoms with van der Waals surface area (Å²) in [4.78, 5) is 20.9. The van der Waals surface area contributed by atoms with Crippen LogP contribution in [0.5, 0.6) is 0 Å². The molecule has 1 aromatic carbocycles. The third-order valence-corrected chi connectivity index (χ3v) is 4.47. The Morgan fingerprint density at radius 1 is 1.08 bits per heavy atom. The maximum Gasteiger partial charge on any atom is 0.291 e. The Morgan fingerprint density at radius 2 is 2.00 bits per heavy atom. The molecule has 0 atom stereocenters. The van der Waals surface area contributed by atoms with Crippen molar-refractivity contribution in [2.75, 3.05) is 5.32 Å². The lowest BCUT2D eigenvalue weighted by molar-refractivity contribution is 0.0996. The van der Waals surface area contributed by atoms with Crippen LogP contribution < -0.4 is 5.32 Å². The van der Waals surface area contributed by atoms with E-state index in [-0.39, 0.29) is 11.7 Å². The molecule has 4 aromatic rings. The molecule has 25 heavy (non-hydrogen) atoms. The molecule has 0 aliphatic rings. The number of aromatic nitrogens is 2. The molecule has 0 saturated carbocycles. The number of rotatable bonds is 4. The van der Waals surface area contributed by atoms with E-state index in [1.807, 2.05) is 41.8 Å². The fourth-order valence-electron chi connectivity index (χ4n) is 2.38. The monoisotopic (exact) mass is 347 g/mol. The highest BCUT2D eigenvalue weighted by Gasteiger charge is 2.11. The van der Waals surface area contributed by atoms with E-state index in [2.05, 4.69) is 15.3 Å². The van der Waals surface area contributed by atoms with Gasteiger partial charge in [-0.3, -0.25) is 9.78 Å². The topological polar surface area (TPSA) is 68.0 Å². The number of amides is 1. The van der Waals surface area contributed by atoms with Crippen LogP contribution in [0.1, 0.15) is 10.6 Å². The van der Waals surface area contributed by atoms with Crippen LogP contribution in [0.25, 0.3) is 21.8 Å². The van der Waals surface area contributed by atoms with Gasteiger partial charge in [0.25, 0.3) is 5.91 Å². The third kappa shape index (κ3) is 3.34. The fourth-order valence-corrected chi connectivity index (χ4v) is 3.20. The first-order valence-electron chi connectivity index (χ1n) is 7.61. The summed E-state index contributed by atoms with van der Waals surface area (Å²) in [6.07, 6.45) is 5.01. The molecule has 3 heterocycles. The van der Waals surface area contributed by atoms with E-state index in [4.69, 9.17) is 4.42 Å². The second-order valence-corrected chi connectivity index (χ2v) is 6.15. The van der Waals surface area contributed by atoms with E-state index in [1.54, 1.807) is 35.9 Å². The van der Waals surface area contributed by atoms with Gasteiger partial charge in [0.05, 0.1) is 12.0 Å². The van der Waals surface area contributed by atoms with Gasteiger partial charge in [-0.05, 0) is 36.4 Å². The van der Waals surface area contributed by atoms with Gasteiger partial charge in [-0.15, -0.1) is 11.3 Å². The van der Waals surface area contributed by atoms with Gasteiger partial charge in [0.1, 0.15) is 5.01 Å². The van der Waals surface area contributed by atoms with Crippen LogP contribution in [-0.4, -0.2) is 15.9 Å². The molecule has 4 rings (SSSR count). The molecule has 122 valence electrons. The molecule has 0 bridgehead atoms. The van der Waals surface area contributed by atoms with E-state index in [1.165, 1.54) is 6.26 Å². The van der Waals surface area contributed by atoms with E-state index in [0.29, 0.717) is 5.69 Å². The van der Waals surface area contributed by atoms with Gasteiger partial charge >= 0.3 is 0 Å². The van der Waals surface area contributed by atoms with Crippen LogP contribution >= 0.6 is 11.3 Å². The fraction of sp³-hybridized carbons (Fsp3) is 0. The zero-order valence-electron chi connectivity index (χ0n) is 13.0. The van der Waals surface area contributed by atoms with Gasteiger partial charge in [0, 0.05) is 34.6 Å². The number of pyridine rings is 1.